The maximum atomic E-state index is 13.0. The summed E-state index contributed by atoms with van der Waals surface area (Å²) in [4.78, 5) is 13.2. The van der Waals surface area contributed by atoms with E-state index in [1.165, 1.54) is 30.3 Å². The Morgan fingerprint density at radius 3 is 2.35 bits per heavy atom. The first-order valence-corrected chi connectivity index (χ1v) is 7.52. The number of halogens is 5. The molecule has 2 aromatic rings. The van der Waals surface area contributed by atoms with Crippen molar-refractivity contribution in [3.8, 4) is 5.75 Å². The fraction of sp³-hybridized carbons (Fsp3) is 0.235. The van der Waals surface area contributed by atoms with Gasteiger partial charge in [-0.2, -0.15) is 22.0 Å². The van der Waals surface area contributed by atoms with Crippen molar-refractivity contribution in [2.24, 2.45) is 0 Å². The normalized spacial score (nSPS) is 17.1. The van der Waals surface area contributed by atoms with Gasteiger partial charge >= 0.3 is 12.8 Å². The van der Waals surface area contributed by atoms with Crippen LogP contribution in [0.5, 0.6) is 5.75 Å². The summed E-state index contributed by atoms with van der Waals surface area (Å²) in [5.41, 5.74) is 0.832. The Morgan fingerprint density at radius 2 is 1.73 bits per heavy atom. The number of nitrogens with zero attached hydrogens (tertiary/aromatic N) is 1. The molecule has 1 amide bonds. The van der Waals surface area contributed by atoms with Crippen molar-refractivity contribution in [2.75, 3.05) is 11.9 Å². The fourth-order valence-corrected chi connectivity index (χ4v) is 2.74. The average Bonchev–Trinajstić information content (AvgIpc) is 2.56. The third kappa shape index (κ3) is 3.87. The van der Waals surface area contributed by atoms with E-state index < -0.39 is 31.4 Å². The van der Waals surface area contributed by atoms with Gasteiger partial charge in [0.25, 0.3) is 5.91 Å². The summed E-state index contributed by atoms with van der Waals surface area (Å²) in [6.07, 6.45) is -5.69. The quantitative estimate of drug-likeness (QED) is 0.808. The highest BCUT2D eigenvalue weighted by molar-refractivity contribution is 6.01. The molecule has 3 rings (SSSR count). The van der Waals surface area contributed by atoms with Crippen molar-refractivity contribution in [3.05, 3.63) is 59.7 Å². The van der Waals surface area contributed by atoms with Gasteiger partial charge in [0.1, 0.15) is 18.5 Å². The minimum absolute atomic E-state index is 0.130. The number of amides is 1. The zero-order valence-corrected chi connectivity index (χ0v) is 13.1. The molecule has 0 radical (unpaired) electrons. The Kier molecular flexibility index (Phi) is 4.71. The van der Waals surface area contributed by atoms with Gasteiger partial charge in [0.15, 0.2) is 0 Å². The molecule has 4 nitrogen and oxygen atoms in total. The first kappa shape index (κ1) is 18.0. The molecule has 1 aliphatic rings. The standard InChI is InChI=1S/C17H13F5N2O2/c18-16(19)26-11-7-5-10(6-8-11)14-23-13-4-2-1-3-12(13)15(25)24(14)9-17(20,21)22/h1-8,14,16,23H,9H2. The summed E-state index contributed by atoms with van der Waals surface area (Å²) >= 11 is 0. The average molecular weight is 372 g/mol. The summed E-state index contributed by atoms with van der Waals surface area (Å²) in [7, 11) is 0. The number of anilines is 1. The molecule has 0 saturated carbocycles. The van der Waals surface area contributed by atoms with Crippen molar-refractivity contribution in [1.82, 2.24) is 4.90 Å². The molecule has 1 aliphatic heterocycles. The number of ether oxygens (including phenoxy) is 1. The Hall–Kier alpha value is -2.84. The second-order valence-electron chi connectivity index (χ2n) is 5.59. The van der Waals surface area contributed by atoms with E-state index in [9.17, 15) is 26.7 Å². The third-order valence-corrected chi connectivity index (χ3v) is 3.79. The molecular formula is C17H13F5N2O2. The Labute approximate surface area is 145 Å². The number of benzene rings is 2. The van der Waals surface area contributed by atoms with Gasteiger partial charge in [0.2, 0.25) is 0 Å². The molecule has 1 N–H and O–H groups in total. The van der Waals surface area contributed by atoms with Gasteiger partial charge in [0, 0.05) is 5.69 Å². The number of rotatable bonds is 4. The maximum Gasteiger partial charge on any atom is 0.406 e. The first-order chi connectivity index (χ1) is 12.2. The summed E-state index contributed by atoms with van der Waals surface area (Å²) in [6.45, 7) is -4.46. The summed E-state index contributed by atoms with van der Waals surface area (Å²) < 4.78 is 67.6. The van der Waals surface area contributed by atoms with Crippen molar-refractivity contribution in [1.29, 1.82) is 0 Å². The highest BCUT2D eigenvalue weighted by Gasteiger charge is 2.40. The molecule has 0 spiro atoms. The molecule has 2 aromatic carbocycles. The zero-order chi connectivity index (χ0) is 18.9. The summed E-state index contributed by atoms with van der Waals surface area (Å²) in [5, 5.41) is 2.89. The lowest BCUT2D eigenvalue weighted by atomic mass is 10.0. The predicted octanol–water partition coefficient (Wildman–Crippen LogP) is 4.42. The van der Waals surface area contributed by atoms with Gasteiger partial charge in [-0.3, -0.25) is 4.79 Å². The number of hydrogen-bond acceptors (Lipinski definition) is 3. The number of alkyl halides is 5. The maximum absolute atomic E-state index is 13.0. The number of fused-ring (bicyclic) bond motifs is 1. The Morgan fingerprint density at radius 1 is 1.08 bits per heavy atom. The Bertz CT molecular complexity index is 792. The van der Waals surface area contributed by atoms with Crippen LogP contribution in [0, 0.1) is 0 Å². The van der Waals surface area contributed by atoms with E-state index in [2.05, 4.69) is 10.1 Å². The molecule has 1 unspecified atom stereocenters. The molecule has 9 heteroatoms. The molecule has 0 aliphatic carbocycles. The van der Waals surface area contributed by atoms with Crippen molar-refractivity contribution in [2.45, 2.75) is 19.0 Å². The first-order valence-electron chi connectivity index (χ1n) is 7.52. The van der Waals surface area contributed by atoms with Gasteiger partial charge in [-0.05, 0) is 29.8 Å². The zero-order valence-electron chi connectivity index (χ0n) is 13.1. The third-order valence-electron chi connectivity index (χ3n) is 3.79. The molecule has 1 atom stereocenters. The van der Waals surface area contributed by atoms with Crippen LogP contribution in [-0.4, -0.2) is 30.1 Å². The fourth-order valence-electron chi connectivity index (χ4n) is 2.74. The van der Waals surface area contributed by atoms with E-state index in [0.717, 1.165) is 0 Å². The highest BCUT2D eigenvalue weighted by atomic mass is 19.4. The molecule has 1 heterocycles. The number of nitrogens with one attached hydrogen (secondary N) is 1. The second-order valence-corrected chi connectivity index (χ2v) is 5.59. The topological polar surface area (TPSA) is 41.6 Å². The molecular weight excluding hydrogens is 359 g/mol. The largest absolute Gasteiger partial charge is 0.435 e. The van der Waals surface area contributed by atoms with Crippen LogP contribution in [-0.2, 0) is 0 Å². The van der Waals surface area contributed by atoms with Crippen LogP contribution in [0.1, 0.15) is 22.1 Å². The number of para-hydroxylation sites is 1. The van der Waals surface area contributed by atoms with Crippen LogP contribution in [0.4, 0.5) is 27.6 Å². The van der Waals surface area contributed by atoms with E-state index in [-0.39, 0.29) is 11.3 Å². The molecule has 0 bridgehead atoms. The van der Waals surface area contributed by atoms with E-state index in [1.807, 2.05) is 0 Å². The van der Waals surface area contributed by atoms with Crippen LogP contribution in [0.2, 0.25) is 0 Å². The SMILES string of the molecule is O=C1c2ccccc2NC(c2ccc(OC(F)F)cc2)N1CC(F)(F)F. The van der Waals surface area contributed by atoms with Gasteiger partial charge in [-0.15, -0.1) is 0 Å². The van der Waals surface area contributed by atoms with Crippen molar-refractivity contribution in [3.63, 3.8) is 0 Å². The Balaban J connectivity index is 1.95. The molecule has 138 valence electrons. The number of carbonyl (C=O) groups is 1. The summed E-state index contributed by atoms with van der Waals surface area (Å²) in [5.74, 6) is -0.900. The lowest BCUT2D eigenvalue weighted by molar-refractivity contribution is -0.144. The lowest BCUT2D eigenvalue weighted by Crippen LogP contribution is -2.47. The van der Waals surface area contributed by atoms with E-state index in [4.69, 9.17) is 0 Å². The highest BCUT2D eigenvalue weighted by Crippen LogP contribution is 2.35. The van der Waals surface area contributed by atoms with Gasteiger partial charge in [-0.25, -0.2) is 0 Å². The van der Waals surface area contributed by atoms with E-state index in [0.29, 0.717) is 16.2 Å². The lowest BCUT2D eigenvalue weighted by Gasteiger charge is -2.38. The van der Waals surface area contributed by atoms with Crippen LogP contribution < -0.4 is 10.1 Å². The summed E-state index contributed by atoms with van der Waals surface area (Å²) in [6, 6.07) is 11.3. The van der Waals surface area contributed by atoms with E-state index >= 15 is 0 Å². The van der Waals surface area contributed by atoms with Gasteiger partial charge in [-0.1, -0.05) is 24.3 Å². The van der Waals surface area contributed by atoms with Crippen LogP contribution in [0.3, 0.4) is 0 Å². The number of carbonyl (C=O) groups excluding carboxylic acids is 1. The van der Waals surface area contributed by atoms with Crippen LogP contribution >= 0.6 is 0 Å². The second kappa shape index (κ2) is 6.81. The molecule has 26 heavy (non-hydrogen) atoms. The van der Waals surface area contributed by atoms with Crippen molar-refractivity contribution < 1.29 is 31.5 Å². The smallest absolute Gasteiger partial charge is 0.406 e. The monoisotopic (exact) mass is 372 g/mol. The molecule has 0 fully saturated rings. The van der Waals surface area contributed by atoms with E-state index in [1.54, 1.807) is 18.2 Å². The number of hydrogen-bond donors (Lipinski definition) is 1. The van der Waals surface area contributed by atoms with Gasteiger partial charge < -0.3 is 15.0 Å². The minimum atomic E-state index is -4.60. The minimum Gasteiger partial charge on any atom is -0.435 e. The van der Waals surface area contributed by atoms with Crippen molar-refractivity contribution >= 4 is 11.6 Å². The van der Waals surface area contributed by atoms with Crippen LogP contribution in [0.25, 0.3) is 0 Å². The van der Waals surface area contributed by atoms with Crippen LogP contribution in [0.15, 0.2) is 48.5 Å². The van der Waals surface area contributed by atoms with Gasteiger partial charge in [0.05, 0.1) is 5.56 Å². The predicted molar refractivity (Wildman–Crippen MR) is 83.0 cm³/mol. The molecule has 0 saturated heterocycles. The molecule has 0 aromatic heterocycles.